The van der Waals surface area contributed by atoms with Crippen molar-refractivity contribution in [2.24, 2.45) is 0 Å². The highest BCUT2D eigenvalue weighted by Gasteiger charge is 2.22. The van der Waals surface area contributed by atoms with Crippen LogP contribution in [0.25, 0.3) is 21.6 Å². The van der Waals surface area contributed by atoms with Crippen LogP contribution in [0.3, 0.4) is 0 Å². The third kappa shape index (κ3) is 3.19. The van der Waals surface area contributed by atoms with Gasteiger partial charge in [-0.1, -0.05) is 0 Å². The zero-order valence-electron chi connectivity index (χ0n) is 13.7. The largest absolute Gasteiger partial charge is 0.481 e. The Morgan fingerprint density at radius 1 is 1.32 bits per heavy atom. The van der Waals surface area contributed by atoms with Crippen LogP contribution in [0.2, 0.25) is 0 Å². The Kier molecular flexibility index (Phi) is 4.31. The Bertz CT molecular complexity index is 924. The van der Waals surface area contributed by atoms with Crippen LogP contribution in [0.15, 0.2) is 24.5 Å². The van der Waals surface area contributed by atoms with Crippen molar-refractivity contribution >= 4 is 33.3 Å². The number of hydrogen-bond donors (Lipinski definition) is 2. The Labute approximate surface area is 149 Å². The molecule has 1 aliphatic carbocycles. The van der Waals surface area contributed by atoms with Crippen LogP contribution in [0.4, 0.5) is 5.82 Å². The summed E-state index contributed by atoms with van der Waals surface area (Å²) in [6, 6.07) is 3.82. The van der Waals surface area contributed by atoms with E-state index in [4.69, 9.17) is 15.1 Å². The molecule has 0 atom stereocenters. The van der Waals surface area contributed by atoms with Gasteiger partial charge in [0.2, 0.25) is 0 Å². The van der Waals surface area contributed by atoms with Crippen molar-refractivity contribution in [3.63, 3.8) is 0 Å². The number of aromatic nitrogens is 3. The summed E-state index contributed by atoms with van der Waals surface area (Å²) < 4.78 is 0. The van der Waals surface area contributed by atoms with Crippen LogP contribution in [-0.4, -0.2) is 32.6 Å². The lowest BCUT2D eigenvalue weighted by Gasteiger charge is -2.09. The zero-order chi connectivity index (χ0) is 17.2. The molecule has 3 aromatic heterocycles. The fourth-order valence-electron chi connectivity index (χ4n) is 3.19. The Morgan fingerprint density at radius 2 is 2.24 bits per heavy atom. The van der Waals surface area contributed by atoms with E-state index in [0.717, 1.165) is 34.4 Å². The minimum absolute atomic E-state index is 0.151. The van der Waals surface area contributed by atoms with Crippen molar-refractivity contribution < 1.29 is 9.90 Å². The summed E-state index contributed by atoms with van der Waals surface area (Å²) in [6.45, 7) is 0.579. The minimum atomic E-state index is -0.776. The first kappa shape index (κ1) is 16.0. The predicted molar refractivity (Wildman–Crippen MR) is 98.0 cm³/mol. The number of pyridine rings is 1. The first-order chi connectivity index (χ1) is 12.2. The number of nitrogens with one attached hydrogen (secondary N) is 1. The molecule has 0 spiro atoms. The van der Waals surface area contributed by atoms with E-state index in [1.165, 1.54) is 16.9 Å². The predicted octanol–water partition coefficient (Wildman–Crippen LogP) is 3.52. The Balaban J connectivity index is 1.73. The molecule has 2 N–H and O–H groups in total. The molecule has 3 heterocycles. The van der Waals surface area contributed by atoms with Gasteiger partial charge in [-0.3, -0.25) is 9.78 Å². The van der Waals surface area contributed by atoms with E-state index in [-0.39, 0.29) is 6.42 Å². The highest BCUT2D eigenvalue weighted by molar-refractivity contribution is 7.19. The molecule has 4 rings (SSSR count). The van der Waals surface area contributed by atoms with Gasteiger partial charge >= 0.3 is 5.97 Å². The van der Waals surface area contributed by atoms with Gasteiger partial charge in [0, 0.05) is 35.8 Å². The van der Waals surface area contributed by atoms with Gasteiger partial charge in [-0.15, -0.1) is 11.3 Å². The molecule has 128 valence electrons. The average Bonchev–Trinajstić information content (AvgIpc) is 3.19. The van der Waals surface area contributed by atoms with Gasteiger partial charge in [0.05, 0.1) is 5.39 Å². The normalized spacial score (nSPS) is 13.1. The molecule has 0 unspecified atom stereocenters. The van der Waals surface area contributed by atoms with E-state index >= 15 is 0 Å². The number of nitrogens with zero attached hydrogens (tertiary/aromatic N) is 3. The smallest absolute Gasteiger partial charge is 0.303 e. The van der Waals surface area contributed by atoms with Gasteiger partial charge in [-0.2, -0.15) is 0 Å². The zero-order valence-corrected chi connectivity index (χ0v) is 14.5. The van der Waals surface area contributed by atoms with Crippen LogP contribution in [-0.2, 0) is 17.6 Å². The van der Waals surface area contributed by atoms with E-state index in [2.05, 4.69) is 10.3 Å². The maximum atomic E-state index is 10.7. The molecule has 7 heteroatoms. The molecular formula is C18H18N4O2S. The maximum Gasteiger partial charge on any atom is 0.303 e. The van der Waals surface area contributed by atoms with Gasteiger partial charge in [-0.05, 0) is 43.4 Å². The topological polar surface area (TPSA) is 88.0 Å². The molecule has 0 amide bonds. The summed E-state index contributed by atoms with van der Waals surface area (Å²) in [5.74, 6) is 0.692. The van der Waals surface area contributed by atoms with Gasteiger partial charge in [-0.25, -0.2) is 9.97 Å². The lowest BCUT2D eigenvalue weighted by atomic mass is 10.1. The second kappa shape index (κ2) is 6.76. The number of anilines is 1. The number of fused-ring (bicyclic) bond motifs is 3. The number of carboxylic acids is 1. The molecular weight excluding hydrogens is 336 g/mol. The summed E-state index contributed by atoms with van der Waals surface area (Å²) >= 11 is 1.75. The van der Waals surface area contributed by atoms with E-state index in [1.807, 2.05) is 12.1 Å². The van der Waals surface area contributed by atoms with E-state index < -0.39 is 5.97 Å². The van der Waals surface area contributed by atoms with Crippen LogP contribution in [0.1, 0.15) is 29.7 Å². The minimum Gasteiger partial charge on any atom is -0.481 e. The second-order valence-corrected chi connectivity index (χ2v) is 7.18. The number of aliphatic carboxylic acids is 1. The lowest BCUT2D eigenvalue weighted by molar-refractivity contribution is -0.137. The Hall–Kier alpha value is -2.54. The molecule has 0 aromatic carbocycles. The van der Waals surface area contributed by atoms with Crippen LogP contribution >= 0.6 is 11.3 Å². The third-order valence-corrected chi connectivity index (χ3v) is 5.53. The van der Waals surface area contributed by atoms with Gasteiger partial charge < -0.3 is 10.4 Å². The monoisotopic (exact) mass is 354 g/mol. The number of rotatable bonds is 6. The highest BCUT2D eigenvalue weighted by Crippen LogP contribution is 2.40. The fourth-order valence-corrected chi connectivity index (χ4v) is 4.46. The summed E-state index contributed by atoms with van der Waals surface area (Å²) in [4.78, 5) is 26.8. The van der Waals surface area contributed by atoms with Crippen molar-refractivity contribution in [1.29, 1.82) is 0 Å². The molecule has 3 aromatic rings. The molecule has 6 nitrogen and oxygen atoms in total. The number of carboxylic acid groups (broad SMARTS) is 1. The van der Waals surface area contributed by atoms with Crippen molar-refractivity contribution in [3.05, 3.63) is 35.0 Å². The molecule has 0 saturated carbocycles. The van der Waals surface area contributed by atoms with Gasteiger partial charge in [0.25, 0.3) is 0 Å². The van der Waals surface area contributed by atoms with Crippen molar-refractivity contribution in [1.82, 2.24) is 15.0 Å². The molecule has 0 bridgehead atoms. The standard InChI is InChI=1S/C18H18N4O2S/c23-14(24)7-3-9-20-17-15-12-5-1-6-13(12)25-18(15)22-16(21-17)11-4-2-8-19-10-11/h2,4,8,10H,1,3,5-7,9H2,(H,23,24)(H,20,21,22). The van der Waals surface area contributed by atoms with Gasteiger partial charge in [0.15, 0.2) is 5.82 Å². The molecule has 1 aliphatic rings. The van der Waals surface area contributed by atoms with Gasteiger partial charge in [0.1, 0.15) is 10.6 Å². The van der Waals surface area contributed by atoms with E-state index in [1.54, 1.807) is 23.7 Å². The number of hydrogen-bond acceptors (Lipinski definition) is 6. The number of aryl methyl sites for hydroxylation is 2. The van der Waals surface area contributed by atoms with Crippen molar-refractivity contribution in [2.45, 2.75) is 32.1 Å². The molecule has 0 saturated heterocycles. The van der Waals surface area contributed by atoms with Crippen LogP contribution in [0, 0.1) is 0 Å². The summed E-state index contributed by atoms with van der Waals surface area (Å²) in [6.07, 6.45) is 7.56. The SMILES string of the molecule is O=C(O)CCCNc1nc(-c2cccnc2)nc2sc3c(c12)CCC3. The molecule has 25 heavy (non-hydrogen) atoms. The second-order valence-electron chi connectivity index (χ2n) is 6.10. The molecule has 0 fully saturated rings. The average molecular weight is 354 g/mol. The fraction of sp³-hybridized carbons (Fsp3) is 0.333. The van der Waals surface area contributed by atoms with Crippen molar-refractivity contribution in [3.8, 4) is 11.4 Å². The summed E-state index contributed by atoms with van der Waals surface area (Å²) in [5.41, 5.74) is 2.24. The lowest BCUT2D eigenvalue weighted by Crippen LogP contribution is -2.07. The first-order valence-electron chi connectivity index (χ1n) is 8.41. The summed E-state index contributed by atoms with van der Waals surface area (Å²) in [7, 11) is 0. The summed E-state index contributed by atoms with van der Waals surface area (Å²) in [5, 5.41) is 13.3. The third-order valence-electron chi connectivity index (χ3n) is 4.34. The number of thiophene rings is 1. The molecule has 0 aliphatic heterocycles. The highest BCUT2D eigenvalue weighted by atomic mass is 32.1. The van der Waals surface area contributed by atoms with Crippen molar-refractivity contribution in [2.75, 3.05) is 11.9 Å². The first-order valence-corrected chi connectivity index (χ1v) is 9.22. The van der Waals surface area contributed by atoms with Crippen LogP contribution in [0.5, 0.6) is 0 Å². The quantitative estimate of drug-likeness (QED) is 0.659. The Morgan fingerprint density at radius 3 is 3.04 bits per heavy atom. The van der Waals surface area contributed by atoms with Crippen LogP contribution < -0.4 is 5.32 Å². The molecule has 0 radical (unpaired) electrons. The van der Waals surface area contributed by atoms with E-state index in [0.29, 0.717) is 18.8 Å². The maximum absolute atomic E-state index is 10.7. The van der Waals surface area contributed by atoms with E-state index in [9.17, 15) is 4.79 Å². The number of carbonyl (C=O) groups is 1.